The molecule has 0 bridgehead atoms. The first-order valence-corrected chi connectivity index (χ1v) is 4.18. The fraction of sp³-hybridized carbons (Fsp3) is 0.429. The van der Waals surface area contributed by atoms with Crippen LogP contribution in [-0.4, -0.2) is 32.0 Å². The number of aliphatic carboxylic acids is 1. The van der Waals surface area contributed by atoms with Gasteiger partial charge in [0.2, 0.25) is 0 Å². The quantitative estimate of drug-likeness (QED) is 0.638. The van der Waals surface area contributed by atoms with Crippen molar-refractivity contribution in [2.24, 2.45) is 5.92 Å². The summed E-state index contributed by atoms with van der Waals surface area (Å²) in [6, 6.07) is 0. The Labute approximate surface area is 91.6 Å². The number of carbonyl (C=O) groups is 1. The van der Waals surface area contributed by atoms with Gasteiger partial charge in [-0.15, -0.1) is 0 Å². The second kappa shape index (κ2) is 4.39. The average molecular weight is 253 g/mol. The molecule has 10 heteroatoms. The maximum absolute atomic E-state index is 12.3. The van der Waals surface area contributed by atoms with Crippen molar-refractivity contribution >= 4 is 11.7 Å². The first-order valence-electron chi connectivity index (χ1n) is 4.18. The summed E-state index contributed by atoms with van der Waals surface area (Å²) in [7, 11) is 0. The molecular formula is C7H6F3N3O4. The molecular weight excluding hydrogens is 247 g/mol. The Balaban J connectivity index is 2.87. The Bertz CT molecular complexity index is 442. The van der Waals surface area contributed by atoms with E-state index in [-0.39, 0.29) is 0 Å². The highest BCUT2D eigenvalue weighted by molar-refractivity contribution is 5.70. The second-order valence-corrected chi connectivity index (χ2v) is 3.11. The summed E-state index contributed by atoms with van der Waals surface area (Å²) >= 11 is 0. The molecule has 0 aliphatic heterocycles. The Kier molecular flexibility index (Phi) is 3.34. The van der Waals surface area contributed by atoms with Crippen LogP contribution in [0.3, 0.4) is 0 Å². The van der Waals surface area contributed by atoms with Crippen LogP contribution in [0.2, 0.25) is 0 Å². The van der Waals surface area contributed by atoms with Crippen molar-refractivity contribution < 1.29 is 28.0 Å². The highest BCUT2D eigenvalue weighted by Crippen LogP contribution is 2.28. The van der Waals surface area contributed by atoms with E-state index < -0.39 is 35.2 Å². The third-order valence-corrected chi connectivity index (χ3v) is 1.89. The van der Waals surface area contributed by atoms with Crippen molar-refractivity contribution in [1.29, 1.82) is 0 Å². The molecule has 0 aliphatic rings. The smallest absolute Gasteiger partial charge is 0.404 e. The lowest BCUT2D eigenvalue weighted by Crippen LogP contribution is -2.34. The number of rotatable bonds is 4. The second-order valence-electron chi connectivity index (χ2n) is 3.11. The van der Waals surface area contributed by atoms with Crippen molar-refractivity contribution in [1.82, 2.24) is 9.78 Å². The van der Waals surface area contributed by atoms with Gasteiger partial charge in [-0.25, -0.2) is 0 Å². The van der Waals surface area contributed by atoms with E-state index in [4.69, 9.17) is 5.11 Å². The van der Waals surface area contributed by atoms with E-state index in [2.05, 4.69) is 5.10 Å². The molecule has 0 radical (unpaired) electrons. The molecule has 1 N–H and O–H groups in total. The van der Waals surface area contributed by atoms with E-state index in [1.807, 2.05) is 0 Å². The van der Waals surface area contributed by atoms with Crippen LogP contribution in [0, 0.1) is 16.0 Å². The zero-order chi connectivity index (χ0) is 13.2. The third-order valence-electron chi connectivity index (χ3n) is 1.89. The van der Waals surface area contributed by atoms with E-state index >= 15 is 0 Å². The SMILES string of the molecule is O=C(O)C(Cn1cc([N+](=O)[O-])cn1)C(F)(F)F. The highest BCUT2D eigenvalue weighted by Gasteiger charge is 2.45. The van der Waals surface area contributed by atoms with Gasteiger partial charge in [0.15, 0.2) is 5.92 Å². The molecule has 1 aromatic heterocycles. The van der Waals surface area contributed by atoms with Crippen molar-refractivity contribution in [3.63, 3.8) is 0 Å². The van der Waals surface area contributed by atoms with Crippen molar-refractivity contribution in [2.45, 2.75) is 12.7 Å². The molecule has 1 heterocycles. The molecule has 1 atom stereocenters. The topological polar surface area (TPSA) is 98.3 Å². The van der Waals surface area contributed by atoms with Gasteiger partial charge in [0.05, 0.1) is 11.5 Å². The standard InChI is InChI=1S/C7H6F3N3O4/c8-7(9,10)5(6(14)15)3-12-2-4(1-11-12)13(16)17/h1-2,5H,3H2,(H,14,15). The number of hydrogen-bond donors (Lipinski definition) is 1. The minimum Gasteiger partial charge on any atom is -0.481 e. The van der Waals surface area contributed by atoms with E-state index in [9.17, 15) is 28.1 Å². The third kappa shape index (κ3) is 3.16. The normalized spacial score (nSPS) is 13.4. The number of alkyl halides is 3. The number of nitro groups is 1. The van der Waals surface area contributed by atoms with Gasteiger partial charge in [0.1, 0.15) is 12.4 Å². The molecule has 94 valence electrons. The number of carboxylic acids is 1. The van der Waals surface area contributed by atoms with E-state index in [0.717, 1.165) is 12.4 Å². The summed E-state index contributed by atoms with van der Waals surface area (Å²) in [5, 5.41) is 21.9. The van der Waals surface area contributed by atoms with Crippen LogP contribution in [0.4, 0.5) is 18.9 Å². The van der Waals surface area contributed by atoms with Crippen LogP contribution >= 0.6 is 0 Å². The van der Waals surface area contributed by atoms with Crippen LogP contribution in [0.25, 0.3) is 0 Å². The number of hydrogen-bond acceptors (Lipinski definition) is 4. The summed E-state index contributed by atoms with van der Waals surface area (Å²) < 4.78 is 37.4. The summed E-state index contributed by atoms with van der Waals surface area (Å²) in [6.07, 6.45) is -3.45. The Hall–Kier alpha value is -2.13. The number of nitrogens with zero attached hydrogens (tertiary/aromatic N) is 3. The van der Waals surface area contributed by atoms with Gasteiger partial charge >= 0.3 is 17.8 Å². The van der Waals surface area contributed by atoms with Crippen molar-refractivity contribution in [3.8, 4) is 0 Å². The minimum atomic E-state index is -4.94. The van der Waals surface area contributed by atoms with Crippen LogP contribution in [-0.2, 0) is 11.3 Å². The van der Waals surface area contributed by atoms with Gasteiger partial charge in [0, 0.05) is 0 Å². The van der Waals surface area contributed by atoms with Crippen molar-refractivity contribution in [3.05, 3.63) is 22.5 Å². The number of carboxylic acid groups (broad SMARTS) is 1. The zero-order valence-electron chi connectivity index (χ0n) is 8.09. The zero-order valence-corrected chi connectivity index (χ0v) is 8.09. The molecule has 7 nitrogen and oxygen atoms in total. The van der Waals surface area contributed by atoms with Gasteiger partial charge < -0.3 is 5.11 Å². The molecule has 0 aliphatic carbocycles. The van der Waals surface area contributed by atoms with Crippen LogP contribution < -0.4 is 0 Å². The maximum atomic E-state index is 12.3. The molecule has 0 saturated carbocycles. The van der Waals surface area contributed by atoms with Crippen LogP contribution in [0.15, 0.2) is 12.4 Å². The summed E-state index contributed by atoms with van der Waals surface area (Å²) in [6.45, 7) is -1.01. The predicted octanol–water partition coefficient (Wildman–Crippen LogP) is 1.05. The van der Waals surface area contributed by atoms with E-state index in [1.165, 1.54) is 0 Å². The lowest BCUT2D eigenvalue weighted by atomic mass is 10.1. The predicted molar refractivity (Wildman–Crippen MR) is 46.1 cm³/mol. The summed E-state index contributed by atoms with van der Waals surface area (Å²) in [4.78, 5) is 19.8. The van der Waals surface area contributed by atoms with Crippen LogP contribution in [0.5, 0.6) is 0 Å². The molecule has 0 fully saturated rings. The van der Waals surface area contributed by atoms with Gasteiger partial charge in [-0.3, -0.25) is 19.6 Å². The lowest BCUT2D eigenvalue weighted by Gasteiger charge is -2.15. The van der Waals surface area contributed by atoms with E-state index in [0.29, 0.717) is 4.68 Å². The summed E-state index contributed by atoms with van der Waals surface area (Å²) in [5.41, 5.74) is -0.503. The fourth-order valence-corrected chi connectivity index (χ4v) is 1.06. The molecule has 0 saturated heterocycles. The lowest BCUT2D eigenvalue weighted by molar-refractivity contribution is -0.385. The average Bonchev–Trinajstić information content (AvgIpc) is 2.59. The Morgan fingerprint density at radius 2 is 2.24 bits per heavy atom. The number of halogens is 3. The molecule has 0 amide bonds. The fourth-order valence-electron chi connectivity index (χ4n) is 1.06. The molecule has 1 rings (SSSR count). The van der Waals surface area contributed by atoms with Gasteiger partial charge in [-0.1, -0.05) is 0 Å². The molecule has 0 spiro atoms. The van der Waals surface area contributed by atoms with Gasteiger partial charge in [-0.05, 0) is 0 Å². The monoisotopic (exact) mass is 253 g/mol. The van der Waals surface area contributed by atoms with Gasteiger partial charge in [0.25, 0.3) is 0 Å². The minimum absolute atomic E-state index is 0.503. The molecule has 1 aromatic rings. The van der Waals surface area contributed by atoms with Crippen LogP contribution in [0.1, 0.15) is 0 Å². The molecule has 0 aromatic carbocycles. The Morgan fingerprint density at radius 3 is 2.59 bits per heavy atom. The highest BCUT2D eigenvalue weighted by atomic mass is 19.4. The Morgan fingerprint density at radius 1 is 1.65 bits per heavy atom. The molecule has 17 heavy (non-hydrogen) atoms. The maximum Gasteiger partial charge on any atom is 0.404 e. The molecule has 1 unspecified atom stereocenters. The number of aromatic nitrogens is 2. The van der Waals surface area contributed by atoms with Gasteiger partial charge in [-0.2, -0.15) is 18.3 Å². The first kappa shape index (κ1) is 12.9. The van der Waals surface area contributed by atoms with E-state index in [1.54, 1.807) is 0 Å². The summed E-state index contributed by atoms with van der Waals surface area (Å²) in [5.74, 6) is -4.71. The largest absolute Gasteiger partial charge is 0.481 e. The first-order chi connectivity index (χ1) is 7.71. The van der Waals surface area contributed by atoms with Crippen molar-refractivity contribution in [2.75, 3.05) is 0 Å².